The second-order valence-electron chi connectivity index (χ2n) is 4.77. The molecule has 1 unspecified atom stereocenters. The van der Waals surface area contributed by atoms with Crippen LogP contribution in [0.5, 0.6) is 0 Å². The summed E-state index contributed by atoms with van der Waals surface area (Å²) >= 11 is 6.59. The van der Waals surface area contributed by atoms with Crippen molar-refractivity contribution < 1.29 is 19.1 Å². The minimum Gasteiger partial charge on any atom is -0.458 e. The van der Waals surface area contributed by atoms with Crippen LogP contribution in [0.15, 0.2) is 57.5 Å². The van der Waals surface area contributed by atoms with E-state index >= 15 is 0 Å². The molecule has 4 nitrogen and oxygen atoms in total. The van der Waals surface area contributed by atoms with Crippen molar-refractivity contribution in [2.24, 2.45) is 0 Å². The average Bonchev–Trinajstić information content (AvgIpc) is 2.53. The molecule has 6 heteroatoms. The summed E-state index contributed by atoms with van der Waals surface area (Å²) in [5.41, 5.74) is 0.855. The first kappa shape index (κ1) is 17.7. The molecule has 0 aliphatic rings. The molecule has 2 aromatic carbocycles. The van der Waals surface area contributed by atoms with Gasteiger partial charge < -0.3 is 9.47 Å². The Hall–Kier alpha value is -1.66. The van der Waals surface area contributed by atoms with Gasteiger partial charge in [-0.05, 0) is 63.0 Å². The lowest BCUT2D eigenvalue weighted by Gasteiger charge is -2.14. The third kappa shape index (κ3) is 4.91. The van der Waals surface area contributed by atoms with Gasteiger partial charge in [0.2, 0.25) is 0 Å². The van der Waals surface area contributed by atoms with Crippen LogP contribution in [-0.2, 0) is 9.47 Å². The van der Waals surface area contributed by atoms with Crippen molar-refractivity contribution in [1.82, 2.24) is 0 Å². The molecule has 0 aliphatic heterocycles. The van der Waals surface area contributed by atoms with Crippen molar-refractivity contribution in [1.29, 1.82) is 0 Å². The SMILES string of the molecule is CC(COC(=O)c1ccccc1Br)OC(=O)c1ccccc1Br. The fraction of sp³-hybridized carbons (Fsp3) is 0.176. The van der Waals surface area contributed by atoms with Gasteiger partial charge in [0, 0.05) is 8.95 Å². The Balaban J connectivity index is 1.89. The summed E-state index contributed by atoms with van der Waals surface area (Å²) in [5.74, 6) is -0.941. The van der Waals surface area contributed by atoms with E-state index in [-0.39, 0.29) is 6.61 Å². The Labute approximate surface area is 151 Å². The van der Waals surface area contributed by atoms with E-state index in [4.69, 9.17) is 9.47 Å². The highest BCUT2D eigenvalue weighted by Gasteiger charge is 2.17. The Bertz CT molecular complexity index is 715. The van der Waals surface area contributed by atoms with Crippen molar-refractivity contribution in [3.8, 4) is 0 Å². The molecule has 0 fully saturated rings. The summed E-state index contributed by atoms with van der Waals surface area (Å²) in [5, 5.41) is 0. The van der Waals surface area contributed by atoms with Gasteiger partial charge in [-0.2, -0.15) is 0 Å². The Morgan fingerprint density at radius 1 is 0.913 bits per heavy atom. The van der Waals surface area contributed by atoms with Crippen molar-refractivity contribution in [2.75, 3.05) is 6.61 Å². The summed E-state index contributed by atoms with van der Waals surface area (Å²) < 4.78 is 11.8. The predicted octanol–water partition coefficient (Wildman–Crippen LogP) is 4.61. The van der Waals surface area contributed by atoms with Crippen molar-refractivity contribution in [3.63, 3.8) is 0 Å². The van der Waals surface area contributed by atoms with Crippen LogP contribution in [0.2, 0.25) is 0 Å². The highest BCUT2D eigenvalue weighted by molar-refractivity contribution is 9.10. The maximum absolute atomic E-state index is 12.0. The third-order valence-corrected chi connectivity index (χ3v) is 4.33. The second-order valence-corrected chi connectivity index (χ2v) is 6.48. The molecule has 2 rings (SSSR count). The van der Waals surface area contributed by atoms with E-state index in [1.807, 2.05) is 12.1 Å². The molecule has 0 aliphatic carbocycles. The van der Waals surface area contributed by atoms with Gasteiger partial charge in [0.05, 0.1) is 11.1 Å². The summed E-state index contributed by atoms with van der Waals surface area (Å²) in [6, 6.07) is 13.9. The van der Waals surface area contributed by atoms with E-state index in [9.17, 15) is 9.59 Å². The van der Waals surface area contributed by atoms with Gasteiger partial charge in [-0.3, -0.25) is 0 Å². The van der Waals surface area contributed by atoms with Crippen LogP contribution in [0, 0.1) is 0 Å². The van der Waals surface area contributed by atoms with E-state index in [0.717, 1.165) is 0 Å². The summed E-state index contributed by atoms with van der Waals surface area (Å²) in [6.45, 7) is 1.65. The van der Waals surface area contributed by atoms with Gasteiger partial charge in [-0.25, -0.2) is 9.59 Å². The minimum atomic E-state index is -0.555. The zero-order valence-corrected chi connectivity index (χ0v) is 15.5. The van der Waals surface area contributed by atoms with E-state index in [1.165, 1.54) is 0 Å². The molecule has 2 aromatic rings. The lowest BCUT2D eigenvalue weighted by atomic mass is 10.2. The van der Waals surface area contributed by atoms with Gasteiger partial charge in [-0.15, -0.1) is 0 Å². The number of carbonyl (C=O) groups excluding carboxylic acids is 2. The summed E-state index contributed by atoms with van der Waals surface area (Å²) in [6.07, 6.45) is -0.555. The number of halogens is 2. The van der Waals surface area contributed by atoms with Crippen LogP contribution < -0.4 is 0 Å². The Kier molecular flexibility index (Phi) is 6.36. The number of benzene rings is 2. The van der Waals surface area contributed by atoms with Gasteiger partial charge in [0.1, 0.15) is 12.7 Å². The highest BCUT2D eigenvalue weighted by Crippen LogP contribution is 2.18. The largest absolute Gasteiger partial charge is 0.458 e. The van der Waals surface area contributed by atoms with E-state index in [2.05, 4.69) is 31.9 Å². The van der Waals surface area contributed by atoms with Crippen LogP contribution >= 0.6 is 31.9 Å². The maximum Gasteiger partial charge on any atom is 0.339 e. The lowest BCUT2D eigenvalue weighted by Crippen LogP contribution is -2.22. The number of carbonyl (C=O) groups is 2. The van der Waals surface area contributed by atoms with Crippen LogP contribution in [0.1, 0.15) is 27.6 Å². The quantitative estimate of drug-likeness (QED) is 0.635. The van der Waals surface area contributed by atoms with Crippen molar-refractivity contribution in [3.05, 3.63) is 68.6 Å². The monoisotopic (exact) mass is 440 g/mol. The first-order valence-electron chi connectivity index (χ1n) is 6.86. The topological polar surface area (TPSA) is 52.6 Å². The molecule has 23 heavy (non-hydrogen) atoms. The smallest absolute Gasteiger partial charge is 0.339 e. The van der Waals surface area contributed by atoms with E-state index < -0.39 is 18.0 Å². The summed E-state index contributed by atoms with van der Waals surface area (Å²) in [7, 11) is 0. The normalized spacial score (nSPS) is 11.6. The fourth-order valence-electron chi connectivity index (χ4n) is 1.80. The van der Waals surface area contributed by atoms with Crippen molar-refractivity contribution >= 4 is 43.8 Å². The standard InChI is InChI=1S/C17H14Br2O4/c1-11(23-17(21)13-7-3-5-9-15(13)19)10-22-16(20)12-6-2-4-8-14(12)18/h2-9,11H,10H2,1H3. The molecule has 0 spiro atoms. The van der Waals surface area contributed by atoms with Crippen LogP contribution in [-0.4, -0.2) is 24.6 Å². The zero-order valence-electron chi connectivity index (χ0n) is 12.3. The number of hydrogen-bond acceptors (Lipinski definition) is 4. The minimum absolute atomic E-state index is 0.0175. The van der Waals surface area contributed by atoms with Crippen LogP contribution in [0.4, 0.5) is 0 Å². The highest BCUT2D eigenvalue weighted by atomic mass is 79.9. The fourth-order valence-corrected chi connectivity index (χ4v) is 2.70. The molecular weight excluding hydrogens is 428 g/mol. The molecule has 0 amide bonds. The van der Waals surface area contributed by atoms with E-state index in [0.29, 0.717) is 20.1 Å². The van der Waals surface area contributed by atoms with Gasteiger partial charge >= 0.3 is 11.9 Å². The van der Waals surface area contributed by atoms with Gasteiger partial charge in [0.15, 0.2) is 0 Å². The molecule has 0 bridgehead atoms. The second kappa shape index (κ2) is 8.26. The van der Waals surface area contributed by atoms with Gasteiger partial charge in [0.25, 0.3) is 0 Å². The molecule has 1 atom stereocenters. The molecule has 0 heterocycles. The molecule has 0 saturated heterocycles. The number of ether oxygens (including phenoxy) is 2. The molecule has 0 aromatic heterocycles. The number of rotatable bonds is 5. The first-order valence-corrected chi connectivity index (χ1v) is 8.45. The summed E-state index contributed by atoms with van der Waals surface area (Å²) in [4.78, 5) is 24.0. The van der Waals surface area contributed by atoms with Crippen LogP contribution in [0.25, 0.3) is 0 Å². The Morgan fingerprint density at radius 2 is 1.39 bits per heavy atom. The Morgan fingerprint density at radius 3 is 1.91 bits per heavy atom. The third-order valence-electron chi connectivity index (χ3n) is 2.94. The lowest BCUT2D eigenvalue weighted by molar-refractivity contribution is 0.00437. The number of hydrogen-bond donors (Lipinski definition) is 0. The number of esters is 2. The molecule has 0 N–H and O–H groups in total. The van der Waals surface area contributed by atoms with Crippen molar-refractivity contribution in [2.45, 2.75) is 13.0 Å². The maximum atomic E-state index is 12.0. The van der Waals surface area contributed by atoms with E-state index in [1.54, 1.807) is 43.3 Å². The predicted molar refractivity (Wildman–Crippen MR) is 93.4 cm³/mol. The zero-order chi connectivity index (χ0) is 16.8. The molecular formula is C17H14Br2O4. The van der Waals surface area contributed by atoms with Gasteiger partial charge in [-0.1, -0.05) is 24.3 Å². The molecule has 120 valence electrons. The molecule has 0 radical (unpaired) electrons. The first-order chi connectivity index (χ1) is 11.0. The van der Waals surface area contributed by atoms with Crippen LogP contribution in [0.3, 0.4) is 0 Å². The molecule has 0 saturated carbocycles. The average molecular weight is 442 g/mol.